The number of nitrogens with zero attached hydrogens (tertiary/aromatic N) is 1. The summed E-state index contributed by atoms with van der Waals surface area (Å²) >= 11 is 1.75. The van der Waals surface area contributed by atoms with E-state index in [1.54, 1.807) is 25.5 Å². The zero-order valence-electron chi connectivity index (χ0n) is 14.9. The van der Waals surface area contributed by atoms with Crippen LogP contribution < -0.4 is 15.4 Å². The topological polar surface area (TPSA) is 54.9 Å². The van der Waals surface area contributed by atoms with E-state index in [0.29, 0.717) is 19.8 Å². The Bertz CT molecular complexity index is 661. The Kier molecular flexibility index (Phi) is 10.5. The second-order valence-electron chi connectivity index (χ2n) is 5.24. The van der Waals surface area contributed by atoms with Crippen molar-refractivity contribution in [1.29, 1.82) is 0 Å². The first kappa shape index (κ1) is 21.7. The lowest BCUT2D eigenvalue weighted by atomic mass is 10.2. The van der Waals surface area contributed by atoms with Crippen LogP contribution in [0.1, 0.15) is 16.0 Å². The molecule has 0 aliphatic heterocycles. The van der Waals surface area contributed by atoms with Crippen LogP contribution in [0, 0.1) is 6.92 Å². The maximum absolute atomic E-state index is 5.70. The van der Waals surface area contributed by atoms with Gasteiger partial charge in [-0.2, -0.15) is 0 Å². The highest BCUT2D eigenvalue weighted by atomic mass is 127. The minimum atomic E-state index is 0. The summed E-state index contributed by atoms with van der Waals surface area (Å²) in [5, 5.41) is 8.67. The molecule has 138 valence electrons. The van der Waals surface area contributed by atoms with Gasteiger partial charge in [-0.15, -0.1) is 35.3 Å². The van der Waals surface area contributed by atoms with E-state index in [1.807, 2.05) is 24.3 Å². The maximum Gasteiger partial charge on any atom is 0.191 e. The van der Waals surface area contributed by atoms with Gasteiger partial charge in [0.05, 0.1) is 26.9 Å². The summed E-state index contributed by atoms with van der Waals surface area (Å²) in [4.78, 5) is 5.55. The number of guanidine groups is 1. The second kappa shape index (κ2) is 12.1. The van der Waals surface area contributed by atoms with Crippen molar-refractivity contribution in [3.05, 3.63) is 51.7 Å². The van der Waals surface area contributed by atoms with Crippen LogP contribution >= 0.6 is 35.3 Å². The molecule has 0 bridgehead atoms. The SMILES string of the molecule is CN=C(NCCOCc1ccccc1OC)NCc1sccc1C.I. The van der Waals surface area contributed by atoms with E-state index in [9.17, 15) is 0 Å². The summed E-state index contributed by atoms with van der Waals surface area (Å²) in [5.74, 6) is 1.64. The number of hydrogen-bond donors (Lipinski definition) is 2. The summed E-state index contributed by atoms with van der Waals surface area (Å²) in [6.45, 7) is 4.72. The monoisotopic (exact) mass is 475 g/mol. The molecule has 2 aromatic rings. The highest BCUT2D eigenvalue weighted by Gasteiger charge is 2.03. The normalized spacial score (nSPS) is 10.9. The van der Waals surface area contributed by atoms with Gasteiger partial charge in [0.15, 0.2) is 5.96 Å². The Morgan fingerprint density at radius 1 is 1.20 bits per heavy atom. The highest BCUT2D eigenvalue weighted by molar-refractivity contribution is 14.0. The number of benzene rings is 1. The van der Waals surface area contributed by atoms with Crippen LogP contribution in [0.2, 0.25) is 0 Å². The van der Waals surface area contributed by atoms with Crippen LogP contribution in [0.25, 0.3) is 0 Å². The molecule has 0 atom stereocenters. The van der Waals surface area contributed by atoms with E-state index in [0.717, 1.165) is 23.8 Å². The van der Waals surface area contributed by atoms with Crippen molar-refractivity contribution >= 4 is 41.3 Å². The highest BCUT2D eigenvalue weighted by Crippen LogP contribution is 2.17. The van der Waals surface area contributed by atoms with Gasteiger partial charge in [0.25, 0.3) is 0 Å². The molecule has 0 radical (unpaired) electrons. The van der Waals surface area contributed by atoms with Crippen LogP contribution in [0.3, 0.4) is 0 Å². The Hall–Kier alpha value is -1.32. The molecule has 7 heteroatoms. The van der Waals surface area contributed by atoms with Gasteiger partial charge in [0, 0.05) is 24.0 Å². The molecule has 0 saturated carbocycles. The molecular weight excluding hydrogens is 449 g/mol. The molecule has 25 heavy (non-hydrogen) atoms. The molecule has 2 rings (SSSR count). The largest absolute Gasteiger partial charge is 0.496 e. The minimum absolute atomic E-state index is 0. The van der Waals surface area contributed by atoms with E-state index in [1.165, 1.54) is 10.4 Å². The number of halogens is 1. The Morgan fingerprint density at radius 2 is 2.00 bits per heavy atom. The van der Waals surface area contributed by atoms with Gasteiger partial charge in [-0.05, 0) is 30.0 Å². The number of thiophene rings is 1. The van der Waals surface area contributed by atoms with Crippen LogP contribution in [0.15, 0.2) is 40.7 Å². The second-order valence-corrected chi connectivity index (χ2v) is 6.24. The van der Waals surface area contributed by atoms with Gasteiger partial charge in [-0.3, -0.25) is 4.99 Å². The molecule has 1 aromatic heterocycles. The van der Waals surface area contributed by atoms with Crippen LogP contribution in [-0.4, -0.2) is 33.3 Å². The van der Waals surface area contributed by atoms with E-state index >= 15 is 0 Å². The van der Waals surface area contributed by atoms with Crippen molar-refractivity contribution in [2.45, 2.75) is 20.1 Å². The zero-order valence-corrected chi connectivity index (χ0v) is 18.0. The Labute approximate surface area is 170 Å². The number of rotatable bonds is 8. The first-order chi connectivity index (χ1) is 11.7. The molecule has 0 aliphatic rings. The van der Waals surface area contributed by atoms with Crippen molar-refractivity contribution in [2.24, 2.45) is 4.99 Å². The number of aliphatic imine (C=N–C) groups is 1. The predicted molar refractivity (Wildman–Crippen MR) is 115 cm³/mol. The fourth-order valence-electron chi connectivity index (χ4n) is 2.22. The van der Waals surface area contributed by atoms with E-state index < -0.39 is 0 Å². The molecule has 0 unspecified atom stereocenters. The molecule has 0 amide bonds. The fraction of sp³-hybridized carbons (Fsp3) is 0.389. The van der Waals surface area contributed by atoms with Crippen molar-refractivity contribution in [3.8, 4) is 5.75 Å². The summed E-state index contributed by atoms with van der Waals surface area (Å²) in [6.07, 6.45) is 0. The van der Waals surface area contributed by atoms with Crippen LogP contribution in [0.4, 0.5) is 0 Å². The average molecular weight is 475 g/mol. The standard InChI is InChI=1S/C18H25N3O2S.HI/c1-14-8-11-24-17(14)12-21-18(19-2)20-9-10-23-13-15-6-4-5-7-16(15)22-3;/h4-8,11H,9-10,12-13H2,1-3H3,(H2,19,20,21);1H. The third-order valence-corrected chi connectivity index (χ3v) is 4.62. The smallest absolute Gasteiger partial charge is 0.191 e. The molecule has 0 saturated heterocycles. The lowest BCUT2D eigenvalue weighted by Gasteiger charge is -2.12. The fourth-order valence-corrected chi connectivity index (χ4v) is 3.06. The summed E-state index contributed by atoms with van der Waals surface area (Å²) in [7, 11) is 3.44. The predicted octanol–water partition coefficient (Wildman–Crippen LogP) is 3.56. The quantitative estimate of drug-likeness (QED) is 0.265. The molecule has 5 nitrogen and oxygen atoms in total. The number of aryl methyl sites for hydroxylation is 1. The Balaban J connectivity index is 0.00000312. The first-order valence-corrected chi connectivity index (χ1v) is 8.79. The van der Waals surface area contributed by atoms with Gasteiger partial charge in [0.1, 0.15) is 5.75 Å². The zero-order chi connectivity index (χ0) is 17.2. The number of para-hydroxylation sites is 1. The first-order valence-electron chi connectivity index (χ1n) is 7.91. The number of methoxy groups -OCH3 is 1. The van der Waals surface area contributed by atoms with Gasteiger partial charge < -0.3 is 20.1 Å². The van der Waals surface area contributed by atoms with Gasteiger partial charge in [-0.25, -0.2) is 0 Å². The number of nitrogens with one attached hydrogen (secondary N) is 2. The third kappa shape index (κ3) is 7.21. The molecule has 2 N–H and O–H groups in total. The third-order valence-electron chi connectivity index (χ3n) is 3.60. The average Bonchev–Trinajstić information content (AvgIpc) is 3.02. The molecule has 0 aliphatic carbocycles. The van der Waals surface area contributed by atoms with Gasteiger partial charge in [-0.1, -0.05) is 18.2 Å². The van der Waals surface area contributed by atoms with Gasteiger partial charge in [0.2, 0.25) is 0 Å². The lowest BCUT2D eigenvalue weighted by molar-refractivity contribution is 0.123. The molecule has 0 spiro atoms. The number of hydrogen-bond acceptors (Lipinski definition) is 4. The van der Waals surface area contributed by atoms with E-state index in [-0.39, 0.29) is 24.0 Å². The van der Waals surface area contributed by atoms with Crippen molar-refractivity contribution in [3.63, 3.8) is 0 Å². The van der Waals surface area contributed by atoms with Crippen molar-refractivity contribution < 1.29 is 9.47 Å². The molecular formula is C18H26IN3O2S. The van der Waals surface area contributed by atoms with Crippen LogP contribution in [0.5, 0.6) is 5.75 Å². The van der Waals surface area contributed by atoms with Gasteiger partial charge >= 0.3 is 0 Å². The van der Waals surface area contributed by atoms with E-state index in [4.69, 9.17) is 9.47 Å². The number of ether oxygens (including phenoxy) is 2. The summed E-state index contributed by atoms with van der Waals surface area (Å²) in [5.41, 5.74) is 2.36. The summed E-state index contributed by atoms with van der Waals surface area (Å²) < 4.78 is 11.0. The minimum Gasteiger partial charge on any atom is -0.496 e. The van der Waals surface area contributed by atoms with E-state index in [2.05, 4.69) is 34.0 Å². The molecule has 1 heterocycles. The van der Waals surface area contributed by atoms with Crippen molar-refractivity contribution in [1.82, 2.24) is 10.6 Å². The maximum atomic E-state index is 5.70. The lowest BCUT2D eigenvalue weighted by Crippen LogP contribution is -2.38. The summed E-state index contributed by atoms with van der Waals surface area (Å²) in [6, 6.07) is 10.0. The Morgan fingerprint density at radius 3 is 2.68 bits per heavy atom. The molecule has 0 fully saturated rings. The molecule has 1 aromatic carbocycles. The van der Waals surface area contributed by atoms with Crippen molar-refractivity contribution in [2.75, 3.05) is 27.3 Å². The van der Waals surface area contributed by atoms with Crippen LogP contribution in [-0.2, 0) is 17.9 Å².